The van der Waals surface area contributed by atoms with Gasteiger partial charge in [0.25, 0.3) is 0 Å². The minimum Gasteiger partial charge on any atom is -0.497 e. The molecule has 1 atom stereocenters. The van der Waals surface area contributed by atoms with Crippen LogP contribution in [-0.4, -0.2) is 7.11 Å². The van der Waals surface area contributed by atoms with Crippen LogP contribution in [0.15, 0.2) is 24.3 Å². The van der Waals surface area contributed by atoms with Crippen molar-refractivity contribution in [2.75, 3.05) is 7.11 Å². The molecule has 54 valence electrons. The van der Waals surface area contributed by atoms with E-state index in [2.05, 4.69) is 0 Å². The third kappa shape index (κ3) is 1.48. The van der Waals surface area contributed by atoms with Crippen LogP contribution in [0.5, 0.6) is 5.75 Å². The standard InChI is InChI=1S/C8H11NO/c1-10-8-4-2-7(6-9)3-5-8/h2-5H,6,9H2,1H3/i6D/t6-/m0/s1. The highest BCUT2D eigenvalue weighted by Crippen LogP contribution is 2.09. The molecule has 1 aromatic carbocycles. The minimum atomic E-state index is -0.652. The van der Waals surface area contributed by atoms with Crippen molar-refractivity contribution in [2.45, 2.75) is 6.52 Å². The summed E-state index contributed by atoms with van der Waals surface area (Å²) in [5, 5.41) is 0. The molecule has 1 rings (SSSR count). The minimum absolute atomic E-state index is 0.652. The Hall–Kier alpha value is -1.02. The normalized spacial score (nSPS) is 14.0. The van der Waals surface area contributed by atoms with E-state index in [0.29, 0.717) is 0 Å². The van der Waals surface area contributed by atoms with E-state index in [-0.39, 0.29) is 0 Å². The van der Waals surface area contributed by atoms with Crippen molar-refractivity contribution in [3.63, 3.8) is 0 Å². The van der Waals surface area contributed by atoms with Gasteiger partial charge in [0, 0.05) is 7.89 Å². The molecular formula is C8H11NO. The van der Waals surface area contributed by atoms with Crippen molar-refractivity contribution in [2.24, 2.45) is 5.73 Å². The fourth-order valence-electron chi connectivity index (χ4n) is 0.715. The first-order valence-corrected chi connectivity index (χ1v) is 3.06. The second-order valence-electron chi connectivity index (χ2n) is 1.94. The molecule has 0 unspecified atom stereocenters. The fraction of sp³-hybridized carbons (Fsp3) is 0.250. The van der Waals surface area contributed by atoms with E-state index in [1.807, 2.05) is 0 Å². The number of ether oxygens (including phenoxy) is 1. The lowest BCUT2D eigenvalue weighted by Crippen LogP contribution is -1.95. The molecule has 0 aliphatic carbocycles. The Balaban J connectivity index is 2.83. The van der Waals surface area contributed by atoms with E-state index in [0.717, 1.165) is 11.3 Å². The number of benzene rings is 1. The summed E-state index contributed by atoms with van der Waals surface area (Å²) in [6.07, 6.45) is 0. The zero-order valence-electron chi connectivity index (χ0n) is 6.87. The second kappa shape index (κ2) is 3.22. The lowest BCUT2D eigenvalue weighted by molar-refractivity contribution is 0.414. The maximum atomic E-state index is 7.18. The molecule has 0 aliphatic rings. The molecule has 10 heavy (non-hydrogen) atoms. The average molecular weight is 138 g/mol. The van der Waals surface area contributed by atoms with Crippen molar-refractivity contribution in [1.29, 1.82) is 0 Å². The lowest BCUT2D eigenvalue weighted by atomic mass is 10.2. The highest BCUT2D eigenvalue weighted by atomic mass is 16.5. The Morgan fingerprint density at radius 3 is 2.50 bits per heavy atom. The van der Waals surface area contributed by atoms with Gasteiger partial charge in [-0.2, -0.15) is 0 Å². The summed E-state index contributed by atoms with van der Waals surface area (Å²) in [6, 6.07) is 7.17. The topological polar surface area (TPSA) is 35.2 Å². The summed E-state index contributed by atoms with van der Waals surface area (Å²) >= 11 is 0. The van der Waals surface area contributed by atoms with Crippen LogP contribution in [0.25, 0.3) is 0 Å². The maximum absolute atomic E-state index is 7.18. The van der Waals surface area contributed by atoms with Crippen LogP contribution in [0.2, 0.25) is 0 Å². The molecule has 0 amide bonds. The molecule has 0 heterocycles. The first-order chi connectivity index (χ1) is 5.24. The summed E-state index contributed by atoms with van der Waals surface area (Å²) in [5.74, 6) is 0.786. The first-order valence-electron chi connectivity index (χ1n) is 3.63. The fourth-order valence-corrected chi connectivity index (χ4v) is 0.715. The number of hydrogen-bond acceptors (Lipinski definition) is 2. The van der Waals surface area contributed by atoms with Gasteiger partial charge < -0.3 is 10.5 Å². The van der Waals surface area contributed by atoms with E-state index in [1.54, 1.807) is 31.4 Å². The van der Waals surface area contributed by atoms with Crippen molar-refractivity contribution >= 4 is 0 Å². The van der Waals surface area contributed by atoms with Gasteiger partial charge in [-0.1, -0.05) is 12.1 Å². The van der Waals surface area contributed by atoms with Crippen LogP contribution in [-0.2, 0) is 6.52 Å². The van der Waals surface area contributed by atoms with Crippen LogP contribution in [0, 0.1) is 0 Å². The Morgan fingerprint density at radius 2 is 2.10 bits per heavy atom. The summed E-state index contributed by atoms with van der Waals surface area (Å²) in [7, 11) is 1.61. The van der Waals surface area contributed by atoms with Crippen LogP contribution >= 0.6 is 0 Å². The molecule has 0 spiro atoms. The first kappa shape index (κ1) is 5.74. The Bertz CT molecular complexity index is 220. The zero-order valence-corrected chi connectivity index (χ0v) is 5.87. The highest BCUT2D eigenvalue weighted by Gasteiger charge is 1.89. The van der Waals surface area contributed by atoms with Gasteiger partial charge >= 0.3 is 0 Å². The second-order valence-corrected chi connectivity index (χ2v) is 1.94. The SMILES string of the molecule is [2H][C@H](N)c1ccc(OC)cc1. The van der Waals surface area contributed by atoms with Crippen molar-refractivity contribution in [3.05, 3.63) is 29.8 Å². The zero-order chi connectivity index (χ0) is 8.27. The van der Waals surface area contributed by atoms with E-state index < -0.39 is 6.52 Å². The predicted octanol–water partition coefficient (Wildman–Crippen LogP) is 1.15. The molecule has 0 saturated carbocycles. The van der Waals surface area contributed by atoms with Gasteiger partial charge in [0.1, 0.15) is 5.75 Å². The molecule has 1 aromatic rings. The largest absolute Gasteiger partial charge is 0.497 e. The molecule has 0 radical (unpaired) electrons. The van der Waals surface area contributed by atoms with E-state index in [4.69, 9.17) is 11.8 Å². The van der Waals surface area contributed by atoms with E-state index >= 15 is 0 Å². The molecular weight excluding hydrogens is 126 g/mol. The smallest absolute Gasteiger partial charge is 0.118 e. The van der Waals surface area contributed by atoms with E-state index in [1.165, 1.54) is 0 Å². The summed E-state index contributed by atoms with van der Waals surface area (Å²) < 4.78 is 12.1. The van der Waals surface area contributed by atoms with Gasteiger partial charge in [0.2, 0.25) is 0 Å². The van der Waals surface area contributed by atoms with Crippen LogP contribution in [0.3, 0.4) is 0 Å². The Kier molecular flexibility index (Phi) is 1.85. The number of nitrogens with two attached hydrogens (primary N) is 1. The molecule has 0 bridgehead atoms. The average Bonchev–Trinajstić information content (AvgIpc) is 2.05. The molecule has 0 fully saturated rings. The lowest BCUT2D eigenvalue weighted by Gasteiger charge is -1.99. The maximum Gasteiger partial charge on any atom is 0.118 e. The highest BCUT2D eigenvalue weighted by molar-refractivity contribution is 5.26. The van der Waals surface area contributed by atoms with Crippen molar-refractivity contribution in [1.82, 2.24) is 0 Å². The van der Waals surface area contributed by atoms with Gasteiger partial charge in [-0.15, -0.1) is 0 Å². The molecule has 2 nitrogen and oxygen atoms in total. The Labute approximate surface area is 62.0 Å². The third-order valence-electron chi connectivity index (χ3n) is 1.31. The number of hydrogen-bond donors (Lipinski definition) is 1. The Morgan fingerprint density at radius 1 is 1.50 bits per heavy atom. The quantitative estimate of drug-likeness (QED) is 0.665. The molecule has 0 aromatic heterocycles. The van der Waals surface area contributed by atoms with Gasteiger partial charge in [0.05, 0.1) is 7.11 Å². The molecule has 0 saturated heterocycles. The monoisotopic (exact) mass is 138 g/mol. The summed E-state index contributed by atoms with van der Waals surface area (Å²) in [4.78, 5) is 0. The van der Waals surface area contributed by atoms with Gasteiger partial charge in [0.15, 0.2) is 0 Å². The van der Waals surface area contributed by atoms with Gasteiger partial charge in [-0.3, -0.25) is 0 Å². The molecule has 0 aliphatic heterocycles. The number of methoxy groups -OCH3 is 1. The van der Waals surface area contributed by atoms with E-state index in [9.17, 15) is 0 Å². The molecule has 2 heteroatoms. The van der Waals surface area contributed by atoms with Gasteiger partial charge in [-0.05, 0) is 17.7 Å². The number of rotatable bonds is 2. The van der Waals surface area contributed by atoms with Crippen LogP contribution in [0.4, 0.5) is 0 Å². The predicted molar refractivity (Wildman–Crippen MR) is 40.9 cm³/mol. The summed E-state index contributed by atoms with van der Waals surface area (Å²) in [5.41, 5.74) is 6.13. The van der Waals surface area contributed by atoms with Crippen LogP contribution < -0.4 is 10.5 Å². The van der Waals surface area contributed by atoms with Crippen molar-refractivity contribution in [3.8, 4) is 5.75 Å². The van der Waals surface area contributed by atoms with Gasteiger partial charge in [-0.25, -0.2) is 0 Å². The summed E-state index contributed by atoms with van der Waals surface area (Å²) in [6.45, 7) is -0.652. The van der Waals surface area contributed by atoms with Crippen molar-refractivity contribution < 1.29 is 6.11 Å². The molecule has 2 N–H and O–H groups in total. The third-order valence-corrected chi connectivity index (χ3v) is 1.31. The van der Waals surface area contributed by atoms with Crippen LogP contribution in [0.1, 0.15) is 6.93 Å².